The van der Waals surface area contributed by atoms with Crippen LogP contribution >= 0.6 is 12.2 Å². The molecule has 2 aliphatic carbocycles. The van der Waals surface area contributed by atoms with Crippen LogP contribution < -0.4 is 0 Å². The van der Waals surface area contributed by atoms with E-state index in [0.717, 1.165) is 35.8 Å². The molecule has 2 aromatic rings. The molecule has 2 saturated carbocycles. The molecule has 0 saturated heterocycles. The Kier molecular flexibility index (Phi) is 4.55. The third kappa shape index (κ3) is 3.33. The lowest BCUT2D eigenvalue weighted by Gasteiger charge is -2.28. The van der Waals surface area contributed by atoms with E-state index in [9.17, 15) is 0 Å². The van der Waals surface area contributed by atoms with Crippen LogP contribution in [0.2, 0.25) is 0 Å². The van der Waals surface area contributed by atoms with E-state index in [0.29, 0.717) is 0 Å². The standard InChI is InChI=1S/C19H26N4S/c1-21-18(13-15-7-3-2-4-8-15)20-23(19(21)24)14-22(17-11-12-17)16-9-5-6-10-16/h2-4,7-8,16-17H,5-6,9-14H2,1H3. The highest BCUT2D eigenvalue weighted by atomic mass is 32.1. The van der Waals surface area contributed by atoms with Crippen molar-refractivity contribution in [2.75, 3.05) is 0 Å². The summed E-state index contributed by atoms with van der Waals surface area (Å²) >= 11 is 5.67. The van der Waals surface area contributed by atoms with Gasteiger partial charge in [-0.1, -0.05) is 43.2 Å². The van der Waals surface area contributed by atoms with Crippen LogP contribution in [0, 0.1) is 4.77 Å². The van der Waals surface area contributed by atoms with Crippen molar-refractivity contribution in [1.29, 1.82) is 0 Å². The normalized spacial score (nSPS) is 18.6. The van der Waals surface area contributed by atoms with Crippen molar-refractivity contribution >= 4 is 12.2 Å². The van der Waals surface area contributed by atoms with Gasteiger partial charge in [-0.05, 0) is 43.5 Å². The first kappa shape index (κ1) is 16.0. The van der Waals surface area contributed by atoms with Gasteiger partial charge in [-0.3, -0.25) is 4.90 Å². The lowest BCUT2D eigenvalue weighted by atomic mass is 10.1. The number of benzene rings is 1. The van der Waals surface area contributed by atoms with Crippen molar-refractivity contribution in [2.45, 2.75) is 63.7 Å². The van der Waals surface area contributed by atoms with Crippen LogP contribution in [0.25, 0.3) is 0 Å². The minimum absolute atomic E-state index is 0.735. The monoisotopic (exact) mass is 342 g/mol. The fourth-order valence-corrected chi connectivity index (χ4v) is 4.09. The Morgan fingerprint density at radius 1 is 1.08 bits per heavy atom. The highest BCUT2D eigenvalue weighted by Crippen LogP contribution is 2.34. The van der Waals surface area contributed by atoms with Gasteiger partial charge in [0.25, 0.3) is 0 Å². The lowest BCUT2D eigenvalue weighted by molar-refractivity contribution is 0.134. The molecule has 2 aliphatic rings. The van der Waals surface area contributed by atoms with Gasteiger partial charge in [0.1, 0.15) is 5.82 Å². The number of hydrogen-bond acceptors (Lipinski definition) is 3. The lowest BCUT2D eigenvalue weighted by Crippen LogP contribution is -2.37. The summed E-state index contributed by atoms with van der Waals surface area (Å²) in [5, 5.41) is 4.86. The summed E-state index contributed by atoms with van der Waals surface area (Å²) in [7, 11) is 2.04. The molecule has 0 unspecified atom stereocenters. The van der Waals surface area contributed by atoms with Gasteiger partial charge in [-0.2, -0.15) is 5.10 Å². The van der Waals surface area contributed by atoms with Gasteiger partial charge in [0.2, 0.25) is 0 Å². The van der Waals surface area contributed by atoms with E-state index in [4.69, 9.17) is 17.3 Å². The largest absolute Gasteiger partial charge is 0.307 e. The summed E-state index contributed by atoms with van der Waals surface area (Å²) in [6.45, 7) is 0.858. The molecule has 1 aromatic heterocycles. The van der Waals surface area contributed by atoms with Crippen LogP contribution in [0.15, 0.2) is 30.3 Å². The highest BCUT2D eigenvalue weighted by molar-refractivity contribution is 7.71. The molecular formula is C19H26N4S. The van der Waals surface area contributed by atoms with Gasteiger partial charge in [-0.25, -0.2) is 4.68 Å². The second kappa shape index (κ2) is 6.81. The molecule has 1 heterocycles. The van der Waals surface area contributed by atoms with Crippen LogP contribution in [0.4, 0.5) is 0 Å². The molecule has 1 aromatic carbocycles. The second-order valence-corrected chi connectivity index (χ2v) is 7.61. The maximum absolute atomic E-state index is 5.67. The van der Waals surface area contributed by atoms with Gasteiger partial charge < -0.3 is 4.57 Å². The van der Waals surface area contributed by atoms with Crippen molar-refractivity contribution in [3.63, 3.8) is 0 Å². The van der Waals surface area contributed by atoms with Crippen molar-refractivity contribution in [1.82, 2.24) is 19.2 Å². The summed E-state index contributed by atoms with van der Waals surface area (Å²) in [6, 6.07) is 12.0. The predicted molar refractivity (Wildman–Crippen MR) is 98.4 cm³/mol. The second-order valence-electron chi connectivity index (χ2n) is 7.24. The van der Waals surface area contributed by atoms with Gasteiger partial charge in [0.05, 0.1) is 6.67 Å². The fourth-order valence-electron chi connectivity index (χ4n) is 3.88. The van der Waals surface area contributed by atoms with E-state index >= 15 is 0 Å². The van der Waals surface area contributed by atoms with Gasteiger partial charge in [0, 0.05) is 25.6 Å². The molecule has 2 fully saturated rings. The number of rotatable bonds is 6. The Morgan fingerprint density at radius 2 is 1.75 bits per heavy atom. The van der Waals surface area contributed by atoms with E-state index in [1.54, 1.807) is 0 Å². The average molecular weight is 343 g/mol. The smallest absolute Gasteiger partial charge is 0.198 e. The quantitative estimate of drug-likeness (QED) is 0.745. The van der Waals surface area contributed by atoms with Gasteiger partial charge in [0.15, 0.2) is 4.77 Å². The molecule has 5 heteroatoms. The maximum Gasteiger partial charge on any atom is 0.198 e. The first-order chi connectivity index (χ1) is 11.7. The topological polar surface area (TPSA) is 26.0 Å². The first-order valence-corrected chi connectivity index (χ1v) is 9.55. The zero-order valence-corrected chi connectivity index (χ0v) is 15.2. The van der Waals surface area contributed by atoms with Gasteiger partial charge in [-0.15, -0.1) is 0 Å². The van der Waals surface area contributed by atoms with Crippen LogP contribution in [-0.4, -0.2) is 31.3 Å². The third-order valence-corrected chi connectivity index (χ3v) is 5.93. The Morgan fingerprint density at radius 3 is 2.42 bits per heavy atom. The molecule has 0 atom stereocenters. The minimum Gasteiger partial charge on any atom is -0.307 e. The summed E-state index contributed by atoms with van der Waals surface area (Å²) in [5.74, 6) is 1.05. The van der Waals surface area contributed by atoms with Crippen molar-refractivity contribution in [3.05, 3.63) is 46.5 Å². The molecule has 0 bridgehead atoms. The van der Waals surface area contributed by atoms with E-state index in [1.807, 2.05) is 11.7 Å². The molecule has 128 valence electrons. The minimum atomic E-state index is 0.735. The zero-order chi connectivity index (χ0) is 16.5. The average Bonchev–Trinajstić information content (AvgIpc) is 3.23. The van der Waals surface area contributed by atoms with E-state index in [-0.39, 0.29) is 0 Å². The number of nitrogens with zero attached hydrogens (tertiary/aromatic N) is 4. The van der Waals surface area contributed by atoms with Crippen molar-refractivity contribution < 1.29 is 0 Å². The van der Waals surface area contributed by atoms with E-state index in [1.165, 1.54) is 44.1 Å². The molecule has 4 nitrogen and oxygen atoms in total. The zero-order valence-electron chi connectivity index (χ0n) is 14.4. The Bertz CT molecular complexity index is 738. The first-order valence-electron chi connectivity index (χ1n) is 9.15. The van der Waals surface area contributed by atoms with E-state index in [2.05, 4.69) is 39.8 Å². The molecule has 0 N–H and O–H groups in total. The Hall–Kier alpha value is -1.46. The summed E-state index contributed by atoms with van der Waals surface area (Å²) < 4.78 is 4.95. The van der Waals surface area contributed by atoms with Crippen molar-refractivity contribution in [2.24, 2.45) is 7.05 Å². The summed E-state index contributed by atoms with van der Waals surface area (Å²) in [4.78, 5) is 2.67. The van der Waals surface area contributed by atoms with Crippen LogP contribution in [0.1, 0.15) is 49.9 Å². The fraction of sp³-hybridized carbons (Fsp3) is 0.579. The van der Waals surface area contributed by atoms with Gasteiger partial charge >= 0.3 is 0 Å². The Balaban J connectivity index is 1.54. The molecule has 0 amide bonds. The van der Waals surface area contributed by atoms with E-state index < -0.39 is 0 Å². The SMILES string of the molecule is Cn1c(Cc2ccccc2)nn(CN(C2CCCC2)C2CC2)c1=S. The van der Waals surface area contributed by atoms with Crippen LogP contribution in [0.3, 0.4) is 0 Å². The molecule has 0 spiro atoms. The van der Waals surface area contributed by atoms with Crippen molar-refractivity contribution in [3.8, 4) is 0 Å². The number of aromatic nitrogens is 3. The third-order valence-electron chi connectivity index (χ3n) is 5.44. The van der Waals surface area contributed by atoms with Crippen LogP contribution in [0.5, 0.6) is 0 Å². The predicted octanol–water partition coefficient (Wildman–Crippen LogP) is 3.91. The van der Waals surface area contributed by atoms with Crippen LogP contribution in [-0.2, 0) is 20.1 Å². The molecule has 0 radical (unpaired) electrons. The summed E-state index contributed by atoms with van der Waals surface area (Å²) in [6.07, 6.45) is 8.95. The molecule has 24 heavy (non-hydrogen) atoms. The molecular weight excluding hydrogens is 316 g/mol. The summed E-state index contributed by atoms with van der Waals surface area (Å²) in [5.41, 5.74) is 1.28. The Labute approximate surface area is 149 Å². The highest BCUT2D eigenvalue weighted by Gasteiger charge is 2.35. The number of hydrogen-bond donors (Lipinski definition) is 0. The molecule has 4 rings (SSSR count). The maximum atomic E-state index is 5.67. The molecule has 0 aliphatic heterocycles.